The second kappa shape index (κ2) is 12.6. The van der Waals surface area contributed by atoms with Crippen molar-refractivity contribution in [3.63, 3.8) is 0 Å². The lowest BCUT2D eigenvalue weighted by molar-refractivity contribution is -0.137. The van der Waals surface area contributed by atoms with Gasteiger partial charge in [0.25, 0.3) is 5.91 Å². The minimum absolute atomic E-state index is 0.101. The smallest absolute Gasteiger partial charge is 0.342 e. The van der Waals surface area contributed by atoms with Crippen LogP contribution in [0.5, 0.6) is 11.5 Å². The Labute approximate surface area is 209 Å². The lowest BCUT2D eigenvalue weighted by Crippen LogP contribution is -2.37. The van der Waals surface area contributed by atoms with Crippen LogP contribution < -0.4 is 0 Å². The molecular formula is C25H31ClN2O7. The van der Waals surface area contributed by atoms with E-state index in [1.807, 2.05) is 0 Å². The fraction of sp³-hybridized carbons (Fsp3) is 0.480. The molecule has 0 unspecified atom stereocenters. The van der Waals surface area contributed by atoms with Crippen LogP contribution in [0.1, 0.15) is 54.9 Å². The molecular weight excluding hydrogens is 476 g/mol. The van der Waals surface area contributed by atoms with Crippen molar-refractivity contribution in [2.24, 2.45) is 5.16 Å². The molecule has 2 heterocycles. The summed E-state index contributed by atoms with van der Waals surface area (Å²) in [6.07, 6.45) is 8.79. The van der Waals surface area contributed by atoms with Gasteiger partial charge in [0, 0.05) is 32.0 Å². The van der Waals surface area contributed by atoms with Crippen molar-refractivity contribution in [2.45, 2.75) is 57.7 Å². The zero-order valence-corrected chi connectivity index (χ0v) is 20.4. The van der Waals surface area contributed by atoms with Crippen molar-refractivity contribution >= 4 is 29.2 Å². The Balaban J connectivity index is 1.91. The van der Waals surface area contributed by atoms with Crippen molar-refractivity contribution in [2.75, 3.05) is 19.7 Å². The second-order valence-corrected chi connectivity index (χ2v) is 9.02. The molecule has 2 aliphatic rings. The third kappa shape index (κ3) is 7.47. The molecule has 2 atom stereocenters. The SMILES string of the molecule is C[C@@H]1CC=C[C@@H](O)CC=CC(=NOCC(=O)N2CCCCC2)Cc2c(Cl)c(O)cc(O)c2C(=O)O1. The van der Waals surface area contributed by atoms with Gasteiger partial charge in [-0.15, -0.1) is 0 Å². The number of hydrogen-bond donors (Lipinski definition) is 3. The molecule has 0 aromatic heterocycles. The van der Waals surface area contributed by atoms with E-state index in [1.165, 1.54) is 0 Å². The third-order valence-corrected chi connectivity index (χ3v) is 6.21. The number of phenols is 2. The number of allylic oxidation sites excluding steroid dienone is 1. The van der Waals surface area contributed by atoms with Crippen LogP contribution in [0.4, 0.5) is 0 Å². The number of likely N-dealkylation sites (tertiary alicyclic amines) is 1. The number of piperidine rings is 1. The summed E-state index contributed by atoms with van der Waals surface area (Å²) in [7, 11) is 0. The first kappa shape index (κ1) is 26.6. The maximum absolute atomic E-state index is 12.9. The van der Waals surface area contributed by atoms with Crippen LogP contribution in [0.15, 0.2) is 35.5 Å². The summed E-state index contributed by atoms with van der Waals surface area (Å²) in [5, 5.41) is 34.7. The van der Waals surface area contributed by atoms with E-state index >= 15 is 0 Å². The number of amides is 1. The van der Waals surface area contributed by atoms with Gasteiger partial charge in [-0.3, -0.25) is 4.79 Å². The summed E-state index contributed by atoms with van der Waals surface area (Å²) >= 11 is 6.31. The fourth-order valence-electron chi connectivity index (χ4n) is 3.92. The molecule has 0 radical (unpaired) electrons. The molecule has 0 saturated carbocycles. The van der Waals surface area contributed by atoms with E-state index in [-0.39, 0.29) is 47.2 Å². The Morgan fingerprint density at radius 3 is 2.69 bits per heavy atom. The molecule has 0 bridgehead atoms. The molecule has 1 fully saturated rings. The van der Waals surface area contributed by atoms with Crippen molar-refractivity contribution in [3.05, 3.63) is 46.5 Å². The van der Waals surface area contributed by atoms with Gasteiger partial charge >= 0.3 is 5.97 Å². The molecule has 0 spiro atoms. The van der Waals surface area contributed by atoms with E-state index in [9.17, 15) is 24.9 Å². The Morgan fingerprint density at radius 2 is 1.94 bits per heavy atom. The van der Waals surface area contributed by atoms with Gasteiger partial charge < -0.3 is 29.8 Å². The summed E-state index contributed by atoms with van der Waals surface area (Å²) in [4.78, 5) is 32.3. The van der Waals surface area contributed by atoms with Gasteiger partial charge in [0.2, 0.25) is 0 Å². The number of aliphatic hydroxyl groups is 1. The molecule has 3 N–H and O–H groups in total. The van der Waals surface area contributed by atoms with Gasteiger partial charge in [-0.2, -0.15) is 0 Å². The van der Waals surface area contributed by atoms with Gasteiger partial charge in [-0.05, 0) is 44.2 Å². The highest BCUT2D eigenvalue weighted by Gasteiger charge is 2.26. The average molecular weight is 507 g/mol. The highest BCUT2D eigenvalue weighted by atomic mass is 35.5. The number of halogens is 1. The van der Waals surface area contributed by atoms with Crippen molar-refractivity contribution < 1.29 is 34.5 Å². The van der Waals surface area contributed by atoms with Crippen LogP contribution in [-0.4, -0.2) is 69.7 Å². The van der Waals surface area contributed by atoms with E-state index in [1.54, 1.807) is 36.1 Å². The number of aromatic hydroxyl groups is 2. The Hall–Kier alpha value is -3.04. The van der Waals surface area contributed by atoms with Crippen LogP contribution in [0.3, 0.4) is 0 Å². The van der Waals surface area contributed by atoms with Crippen LogP contribution in [0, 0.1) is 0 Å². The number of oxime groups is 1. The van der Waals surface area contributed by atoms with E-state index in [4.69, 9.17) is 21.2 Å². The standard InChI is InChI=1S/C25H31ClN2O7/c1-16-7-5-9-18(29)10-6-8-17(27-34-15-22(32)28-11-3-2-4-12-28)13-19-23(25(33)35-16)20(30)14-21(31)24(19)26/h5-6,8-9,14,16,18,29-31H,2-4,7,10-13,15H2,1H3/t16-,18-/m1/s1. The van der Waals surface area contributed by atoms with Crippen LogP contribution in [0.25, 0.3) is 0 Å². The number of carbonyl (C=O) groups excluding carboxylic acids is 2. The number of fused-ring (bicyclic) bond motifs is 1. The zero-order chi connectivity index (χ0) is 25.4. The Kier molecular flexibility index (Phi) is 9.56. The van der Waals surface area contributed by atoms with Crippen LogP contribution >= 0.6 is 11.6 Å². The molecule has 3 rings (SSSR count). The quantitative estimate of drug-likeness (QED) is 0.325. The molecule has 190 valence electrons. The van der Waals surface area contributed by atoms with Crippen LogP contribution in [-0.2, 0) is 20.8 Å². The number of cyclic esters (lactones) is 1. The number of esters is 1. The minimum Gasteiger partial charge on any atom is -0.507 e. The molecule has 1 aromatic rings. The van der Waals surface area contributed by atoms with Gasteiger partial charge in [-0.25, -0.2) is 4.79 Å². The lowest BCUT2D eigenvalue weighted by atomic mass is 9.99. The van der Waals surface area contributed by atoms with Gasteiger partial charge in [-0.1, -0.05) is 35.0 Å². The molecule has 1 saturated heterocycles. The molecule has 0 aliphatic carbocycles. The summed E-state index contributed by atoms with van der Waals surface area (Å²) in [5.74, 6) is -1.89. The molecule has 1 aromatic carbocycles. The number of phenolic OH excluding ortho intramolecular Hbond substituents is 2. The minimum atomic E-state index is -0.817. The van der Waals surface area contributed by atoms with Crippen LogP contribution in [0.2, 0.25) is 5.02 Å². The van der Waals surface area contributed by atoms with E-state index in [0.29, 0.717) is 19.5 Å². The summed E-state index contributed by atoms with van der Waals surface area (Å²) in [6, 6.07) is 0.979. The number of carbonyl (C=O) groups is 2. The normalized spacial score (nSPS) is 22.9. The van der Waals surface area contributed by atoms with Gasteiger partial charge in [0.1, 0.15) is 23.2 Å². The topological polar surface area (TPSA) is 129 Å². The first-order valence-electron chi connectivity index (χ1n) is 11.7. The van der Waals surface area contributed by atoms with E-state index in [0.717, 1.165) is 25.3 Å². The van der Waals surface area contributed by atoms with Crippen molar-refractivity contribution in [1.82, 2.24) is 4.90 Å². The van der Waals surface area contributed by atoms with Gasteiger partial charge in [0.05, 0.1) is 16.8 Å². The highest BCUT2D eigenvalue weighted by Crippen LogP contribution is 2.37. The van der Waals surface area contributed by atoms with Crippen molar-refractivity contribution in [3.8, 4) is 11.5 Å². The predicted molar refractivity (Wildman–Crippen MR) is 131 cm³/mol. The van der Waals surface area contributed by atoms with E-state index in [2.05, 4.69) is 5.16 Å². The Bertz CT molecular complexity index is 1020. The molecule has 9 nitrogen and oxygen atoms in total. The number of ether oxygens (including phenoxy) is 1. The lowest BCUT2D eigenvalue weighted by Gasteiger charge is -2.26. The maximum Gasteiger partial charge on any atom is 0.342 e. The third-order valence-electron chi connectivity index (χ3n) is 5.78. The van der Waals surface area contributed by atoms with Crippen molar-refractivity contribution in [1.29, 1.82) is 0 Å². The summed E-state index contributed by atoms with van der Waals surface area (Å²) in [5.41, 5.74) is 0.175. The molecule has 35 heavy (non-hydrogen) atoms. The molecule has 1 amide bonds. The Morgan fingerprint density at radius 1 is 1.20 bits per heavy atom. The number of benzene rings is 1. The summed E-state index contributed by atoms with van der Waals surface area (Å²) < 4.78 is 5.44. The largest absolute Gasteiger partial charge is 0.507 e. The fourth-order valence-corrected chi connectivity index (χ4v) is 4.14. The molecule has 2 aliphatic heterocycles. The monoisotopic (exact) mass is 506 g/mol. The number of aliphatic hydroxyl groups excluding tert-OH is 1. The maximum atomic E-state index is 12.9. The first-order chi connectivity index (χ1) is 16.8. The number of hydrogen-bond acceptors (Lipinski definition) is 8. The zero-order valence-electron chi connectivity index (χ0n) is 19.7. The number of rotatable bonds is 3. The van der Waals surface area contributed by atoms with Gasteiger partial charge in [0.15, 0.2) is 6.61 Å². The predicted octanol–water partition coefficient (Wildman–Crippen LogP) is 3.49. The first-order valence-corrected chi connectivity index (χ1v) is 12.1. The van der Waals surface area contributed by atoms with E-state index < -0.39 is 29.7 Å². The highest BCUT2D eigenvalue weighted by molar-refractivity contribution is 6.33. The average Bonchev–Trinajstić information content (AvgIpc) is 2.82. The summed E-state index contributed by atoms with van der Waals surface area (Å²) in [6.45, 7) is 2.80. The second-order valence-electron chi connectivity index (χ2n) is 8.64. The molecule has 10 heteroatoms. The number of nitrogens with zero attached hydrogens (tertiary/aromatic N) is 2.